The largest absolute Gasteiger partial charge is 0.358 e. The van der Waals surface area contributed by atoms with Gasteiger partial charge < -0.3 is 52.0 Å². The molecule has 0 nitrogen and oxygen atoms in total. The Kier molecular flexibility index (Phi) is 1980. The quantitative estimate of drug-likeness (QED) is 0.216. The van der Waals surface area contributed by atoms with Gasteiger partial charge in [-0.1, -0.05) is 68.2 Å². The maximum Gasteiger partial charge on any atom is 0 e. The summed E-state index contributed by atoms with van der Waals surface area (Å²) in [6.07, 6.45) is 2.50. The Morgan fingerprint density at radius 3 is 0.226 bits per heavy atom. The Bertz CT molecular complexity index is 32.8. The summed E-state index contributed by atoms with van der Waals surface area (Å²) in [6, 6.07) is 0. The summed E-state index contributed by atoms with van der Waals surface area (Å²) in [4.78, 5) is 0. The van der Waals surface area contributed by atoms with Crippen molar-refractivity contribution >= 4 is 0 Å². The van der Waals surface area contributed by atoms with Crippen molar-refractivity contribution in [2.24, 2.45) is 0 Å². The van der Waals surface area contributed by atoms with Gasteiger partial charge >= 0.3 is 0 Å². The molecule has 0 aromatic rings. The molecule has 0 aliphatic heterocycles. The second-order valence-corrected chi connectivity index (χ2v) is 1.41. The van der Waals surface area contributed by atoms with Crippen LogP contribution < -0.4 is 0 Å². The van der Waals surface area contributed by atoms with E-state index in [1.54, 1.807) is 0 Å². The average molecular weight is 1500 g/mol. The van der Waals surface area contributed by atoms with Crippen LogP contribution in [-0.4, -0.2) is 0 Å². The molecule has 0 rings (SSSR count). The van der Waals surface area contributed by atoms with Gasteiger partial charge in [0.05, 0.1) is 0 Å². The first kappa shape index (κ1) is 209. The van der Waals surface area contributed by atoms with Crippen LogP contribution >= 0.6 is 0 Å². The van der Waals surface area contributed by atoms with Crippen LogP contribution in [0.5, 0.6) is 0 Å². The Balaban J connectivity index is -0.000000000553. The number of rotatable bonds is 0. The van der Waals surface area contributed by atoms with Crippen molar-refractivity contribution in [3.05, 3.63) is 52.0 Å². The molecule has 0 atom stereocenters. The molecule has 0 spiro atoms. The van der Waals surface area contributed by atoms with Crippen LogP contribution in [0.15, 0.2) is 0 Å². The van der Waals surface area contributed by atoms with E-state index in [9.17, 15) is 0 Å². The molecule has 0 N–H and O–H groups in total. The fraction of sp³-hybridized carbons (Fsp3) is 0.588. The van der Waals surface area contributed by atoms with E-state index in [0.717, 1.165) is 0 Å². The molecule has 0 amide bonds. The van der Waals surface area contributed by atoms with Crippen LogP contribution in [0, 0.1) is 52.0 Å². The van der Waals surface area contributed by atoms with Gasteiger partial charge in [-0.15, -0.1) is 0 Å². The molecule has 0 aliphatic rings. The summed E-state index contributed by atoms with van der Waals surface area (Å²) in [7, 11) is 0. The molecule has 0 saturated heterocycles. The fourth-order valence-corrected chi connectivity index (χ4v) is 0. The predicted molar refractivity (Wildman–Crippen MR) is 99.5 cm³/mol. The molecule has 0 unspecified atom stereocenters. The smallest absolute Gasteiger partial charge is 0 e. The second kappa shape index (κ2) is 295. The zero-order valence-electron chi connectivity index (χ0n) is 24.5. The van der Waals surface area contributed by atoms with E-state index in [0.29, 0.717) is 0 Å². The van der Waals surface area contributed by atoms with Gasteiger partial charge in [-0.3, -0.25) is 0 Å². The van der Waals surface area contributed by atoms with E-state index in [4.69, 9.17) is 0 Å². The number of hydrogen-bond acceptors (Lipinski definition) is 0. The minimum absolute atomic E-state index is 0. The van der Waals surface area contributed by atoms with Crippen LogP contribution in [-0.2, 0) is 458 Å². The van der Waals surface area contributed by atoms with Gasteiger partial charge in [0.25, 0.3) is 0 Å². The summed E-state index contributed by atoms with van der Waals surface area (Å²) in [6.45, 7) is 16.5. The van der Waals surface area contributed by atoms with Gasteiger partial charge in [0, 0.05) is 458 Å². The van der Waals surface area contributed by atoms with E-state index >= 15 is 0 Å². The topological polar surface area (TPSA) is 0 Å². The fourth-order valence-electron chi connectivity index (χ4n) is 0. The average Bonchev–Trinajstić information content (AvgIpc) is 1.99. The summed E-state index contributed by atoms with van der Waals surface area (Å²) < 4.78 is 0. The van der Waals surface area contributed by atoms with Crippen molar-refractivity contribution < 1.29 is 458 Å². The molecule has 166 valence electrons. The Morgan fingerprint density at radius 2 is 0.226 bits per heavy atom. The van der Waals surface area contributed by atoms with Crippen molar-refractivity contribution in [1.82, 2.24) is 0 Å². The summed E-state index contributed by atoms with van der Waals surface area (Å²) in [5.74, 6) is 0. The minimum Gasteiger partial charge on any atom is -0.358 e. The second-order valence-electron chi connectivity index (χ2n) is 1.41. The first-order chi connectivity index (χ1) is 4.83. The zero-order valence-corrected chi connectivity index (χ0v) is 64.2. The molecular weight excluding hydrogens is 1450 g/mol. The van der Waals surface area contributed by atoms with Crippen molar-refractivity contribution in [3.8, 4) is 0 Å². The van der Waals surface area contributed by atoms with E-state index < -0.39 is 0 Å². The molecule has 0 heterocycles. The van der Waals surface area contributed by atoms with Crippen molar-refractivity contribution in [1.29, 1.82) is 0 Å². The molecule has 0 bridgehead atoms. The Labute approximate surface area is 560 Å². The third-order valence-electron chi connectivity index (χ3n) is 0. The van der Waals surface area contributed by atoms with Crippen LogP contribution in [0.2, 0.25) is 0 Å². The summed E-state index contributed by atoms with van der Waals surface area (Å²) in [5.41, 5.74) is 0. The maximum atomic E-state index is 2.12. The minimum atomic E-state index is 0. The standard InChI is InChI=1S/2C3H8.2C2H6.7CH3.14Y/c2*1-3-2;2*1-2;;;;;;;;;;;;;;;;;;;;;/h2*3H2,1-2H3;2*1-2H3;7*1H3;;;;;;;;;;;;;;/q;;;;7*-1;;;;;;;;;;;;;;. The SMILES string of the molecule is CC.CC.CCC.CCC.[CH3-].[CH3-].[CH3-].[CH3-].[CH3-].[CH3-].[CH3-].[Y].[Y].[Y].[Y].[Y].[Y].[Y].[Y].[Y].[Y].[Y].[Y].[Y].[Y]. The predicted octanol–water partition coefficient (Wildman–Crippen LogP) is 8.00. The van der Waals surface area contributed by atoms with Gasteiger partial charge in [-0.05, 0) is 0 Å². The molecular formula is C17H49Y14-7. The van der Waals surface area contributed by atoms with Gasteiger partial charge in [-0.2, -0.15) is 0 Å². The molecule has 14 heteroatoms. The summed E-state index contributed by atoms with van der Waals surface area (Å²) >= 11 is 0. The van der Waals surface area contributed by atoms with Crippen LogP contribution in [0.4, 0.5) is 0 Å². The maximum absolute atomic E-state index is 2.12. The Hall–Kier alpha value is 15.5. The third-order valence-corrected chi connectivity index (χ3v) is 0. The monoisotopic (exact) mass is 1500 g/mol. The van der Waals surface area contributed by atoms with E-state index in [1.807, 2.05) is 27.7 Å². The van der Waals surface area contributed by atoms with Crippen molar-refractivity contribution in [2.75, 3.05) is 0 Å². The first-order valence-corrected chi connectivity index (χ1v) is 4.83. The van der Waals surface area contributed by atoms with Gasteiger partial charge in [0.2, 0.25) is 0 Å². The van der Waals surface area contributed by atoms with Crippen LogP contribution in [0.25, 0.3) is 0 Å². The van der Waals surface area contributed by atoms with E-state index in [2.05, 4.69) is 27.7 Å². The molecule has 31 heavy (non-hydrogen) atoms. The van der Waals surface area contributed by atoms with Gasteiger partial charge in [-0.25, -0.2) is 0 Å². The molecule has 0 aromatic carbocycles. The molecule has 0 fully saturated rings. The normalized spacial score (nSPS) is 1.55. The van der Waals surface area contributed by atoms with Crippen molar-refractivity contribution in [3.63, 3.8) is 0 Å². The zero-order chi connectivity index (χ0) is 9.41. The van der Waals surface area contributed by atoms with E-state index in [1.165, 1.54) is 12.8 Å². The van der Waals surface area contributed by atoms with E-state index in [-0.39, 0.29) is 510 Å². The molecule has 0 saturated carbocycles. The van der Waals surface area contributed by atoms with Crippen LogP contribution in [0.1, 0.15) is 68.2 Å². The molecule has 0 aliphatic carbocycles. The first-order valence-electron chi connectivity index (χ1n) is 4.83. The summed E-state index contributed by atoms with van der Waals surface area (Å²) in [5, 5.41) is 0. The Morgan fingerprint density at radius 1 is 0.226 bits per heavy atom. The van der Waals surface area contributed by atoms with Gasteiger partial charge in [0.15, 0.2) is 0 Å². The number of hydrogen-bond donors (Lipinski definition) is 0. The molecule has 0 aromatic heterocycles. The molecule has 14 radical (unpaired) electrons. The van der Waals surface area contributed by atoms with Crippen molar-refractivity contribution in [2.45, 2.75) is 68.2 Å². The third kappa shape index (κ3) is 359. The van der Waals surface area contributed by atoms with Gasteiger partial charge in [0.1, 0.15) is 0 Å². The van der Waals surface area contributed by atoms with Crippen LogP contribution in [0.3, 0.4) is 0 Å².